The molecule has 1 aliphatic rings. The predicted molar refractivity (Wildman–Crippen MR) is 80.1 cm³/mol. The van der Waals surface area contributed by atoms with Crippen molar-refractivity contribution in [2.24, 2.45) is 5.84 Å². The maximum absolute atomic E-state index is 11.1. The van der Waals surface area contributed by atoms with E-state index in [9.17, 15) is 4.79 Å². The average molecular weight is 291 g/mol. The Morgan fingerprint density at radius 3 is 2.67 bits per heavy atom. The molecule has 1 fully saturated rings. The zero-order valence-corrected chi connectivity index (χ0v) is 12.6. The maximum Gasteiger partial charge on any atom is 0.422 e. The summed E-state index contributed by atoms with van der Waals surface area (Å²) in [5, 5.41) is 9.93. The minimum atomic E-state index is -1.16. The second-order valence-electron chi connectivity index (χ2n) is 5.71. The molecule has 1 atom stereocenters. The van der Waals surface area contributed by atoms with E-state index >= 15 is 0 Å². The largest absolute Gasteiger partial charge is 0.464 e. The van der Waals surface area contributed by atoms with E-state index in [-0.39, 0.29) is 0 Å². The molecule has 0 saturated carbocycles. The molecule has 21 heavy (non-hydrogen) atoms. The number of pyridine rings is 1. The lowest BCUT2D eigenvalue weighted by atomic mass is 9.99. The predicted octanol–water partition coefficient (Wildman–Crippen LogP) is 2.19. The van der Waals surface area contributed by atoms with Crippen molar-refractivity contribution in [1.82, 2.24) is 14.9 Å². The van der Waals surface area contributed by atoms with Crippen LogP contribution in [0.4, 0.5) is 4.79 Å². The molecular formula is C15H23N4O2. The molecule has 3 N–H and O–H groups in total. The van der Waals surface area contributed by atoms with Gasteiger partial charge in [0.15, 0.2) is 0 Å². The fourth-order valence-electron chi connectivity index (χ4n) is 2.74. The Labute approximate surface area is 125 Å². The maximum atomic E-state index is 11.1. The zero-order chi connectivity index (χ0) is 15.4. The number of aromatic nitrogens is 1. The van der Waals surface area contributed by atoms with Crippen LogP contribution in [0.5, 0.6) is 0 Å². The second-order valence-corrected chi connectivity index (χ2v) is 5.71. The van der Waals surface area contributed by atoms with Crippen LogP contribution < -0.4 is 5.84 Å². The van der Waals surface area contributed by atoms with Crippen molar-refractivity contribution in [3.05, 3.63) is 35.5 Å². The van der Waals surface area contributed by atoms with Crippen molar-refractivity contribution in [3.63, 3.8) is 0 Å². The Morgan fingerprint density at radius 2 is 2.10 bits per heavy atom. The van der Waals surface area contributed by atoms with E-state index in [1.54, 1.807) is 0 Å². The number of amides is 1. The van der Waals surface area contributed by atoms with Gasteiger partial charge in [-0.25, -0.2) is 15.6 Å². The van der Waals surface area contributed by atoms with Gasteiger partial charge in [0.05, 0.1) is 17.4 Å². The van der Waals surface area contributed by atoms with Gasteiger partial charge < -0.3 is 5.11 Å². The Balaban J connectivity index is 2.18. The molecule has 1 aliphatic heterocycles. The summed E-state index contributed by atoms with van der Waals surface area (Å²) in [7, 11) is 0. The number of rotatable bonds is 5. The fraction of sp³-hybridized carbons (Fsp3) is 0.533. The first-order valence-electron chi connectivity index (χ1n) is 7.24. The van der Waals surface area contributed by atoms with E-state index in [1.165, 1.54) is 12.8 Å². The van der Waals surface area contributed by atoms with Gasteiger partial charge in [-0.1, -0.05) is 19.9 Å². The molecule has 1 unspecified atom stereocenters. The molecule has 1 aromatic heterocycles. The lowest BCUT2D eigenvalue weighted by Gasteiger charge is -2.28. The highest BCUT2D eigenvalue weighted by atomic mass is 16.4. The number of hydrazine groups is 1. The number of hydrogen-bond donors (Lipinski definition) is 2. The molecule has 1 saturated heterocycles. The summed E-state index contributed by atoms with van der Waals surface area (Å²) >= 11 is 0. The molecule has 0 spiro atoms. The molecule has 0 bridgehead atoms. The number of likely N-dealkylation sites (tertiary alicyclic amines) is 1. The molecule has 1 amide bonds. The minimum Gasteiger partial charge on any atom is -0.464 e. The molecule has 6 nitrogen and oxygen atoms in total. The smallest absolute Gasteiger partial charge is 0.422 e. The normalized spacial score (nSPS) is 17.1. The summed E-state index contributed by atoms with van der Waals surface area (Å²) in [6.07, 6.45) is 1.31. The average Bonchev–Trinajstić information content (AvgIpc) is 2.91. The van der Waals surface area contributed by atoms with E-state index in [1.807, 2.05) is 32.0 Å². The highest BCUT2D eigenvalue weighted by molar-refractivity contribution is 5.65. The van der Waals surface area contributed by atoms with Crippen molar-refractivity contribution in [3.8, 4) is 0 Å². The first-order valence-corrected chi connectivity index (χ1v) is 7.24. The van der Waals surface area contributed by atoms with Crippen LogP contribution in [0.1, 0.15) is 44.1 Å². The van der Waals surface area contributed by atoms with Gasteiger partial charge in [0, 0.05) is 12.5 Å². The number of nitrogens with zero attached hydrogens (tertiary/aromatic N) is 3. The van der Waals surface area contributed by atoms with Crippen LogP contribution in [-0.2, 0) is 6.54 Å². The topological polar surface area (TPSA) is 82.7 Å². The van der Waals surface area contributed by atoms with Gasteiger partial charge in [-0.3, -0.25) is 9.88 Å². The number of carboxylic acid groups (broad SMARTS) is 1. The molecule has 6 heteroatoms. The molecular weight excluding hydrogens is 268 g/mol. The van der Waals surface area contributed by atoms with Gasteiger partial charge in [0.25, 0.3) is 0 Å². The summed E-state index contributed by atoms with van der Waals surface area (Å²) in [6.45, 7) is 6.74. The molecule has 0 aromatic carbocycles. The van der Waals surface area contributed by atoms with Crippen LogP contribution in [-0.4, -0.2) is 39.2 Å². The van der Waals surface area contributed by atoms with Gasteiger partial charge in [-0.05, 0) is 38.1 Å². The van der Waals surface area contributed by atoms with Gasteiger partial charge >= 0.3 is 6.09 Å². The van der Waals surface area contributed by atoms with Gasteiger partial charge in [-0.2, -0.15) is 0 Å². The highest BCUT2D eigenvalue weighted by Crippen LogP contribution is 2.27. The van der Waals surface area contributed by atoms with Crippen molar-refractivity contribution in [2.75, 3.05) is 13.1 Å². The van der Waals surface area contributed by atoms with E-state index in [0.717, 1.165) is 36.3 Å². The van der Waals surface area contributed by atoms with Crippen LogP contribution in [0.2, 0.25) is 0 Å². The molecule has 1 radical (unpaired) electrons. The van der Waals surface area contributed by atoms with Crippen LogP contribution in [0, 0.1) is 5.92 Å². The number of carbonyl (C=O) groups is 1. The first kappa shape index (κ1) is 15.7. The van der Waals surface area contributed by atoms with Gasteiger partial charge in [0.2, 0.25) is 0 Å². The Bertz CT molecular complexity index is 486. The summed E-state index contributed by atoms with van der Waals surface area (Å²) in [6, 6.07) is 5.21. The zero-order valence-electron chi connectivity index (χ0n) is 12.6. The van der Waals surface area contributed by atoms with E-state index < -0.39 is 12.1 Å². The highest BCUT2D eigenvalue weighted by Gasteiger charge is 2.27. The van der Waals surface area contributed by atoms with Gasteiger partial charge in [0.1, 0.15) is 0 Å². The molecule has 2 heterocycles. The molecule has 1 aromatic rings. The third-order valence-electron chi connectivity index (χ3n) is 3.74. The van der Waals surface area contributed by atoms with Crippen molar-refractivity contribution >= 4 is 6.09 Å². The lowest BCUT2D eigenvalue weighted by Crippen LogP contribution is -2.41. The third kappa shape index (κ3) is 3.92. The summed E-state index contributed by atoms with van der Waals surface area (Å²) in [5.74, 6) is 6.56. The first-order chi connectivity index (χ1) is 9.99. The van der Waals surface area contributed by atoms with Gasteiger partial charge in [-0.15, -0.1) is 0 Å². The molecule has 115 valence electrons. The van der Waals surface area contributed by atoms with Crippen molar-refractivity contribution in [1.29, 1.82) is 0 Å². The molecule has 2 rings (SSSR count). The summed E-state index contributed by atoms with van der Waals surface area (Å²) in [4.78, 5) is 18.1. The van der Waals surface area contributed by atoms with Crippen molar-refractivity contribution in [2.45, 2.75) is 39.3 Å². The lowest BCUT2D eigenvalue weighted by molar-refractivity contribution is 0.126. The fourth-order valence-corrected chi connectivity index (χ4v) is 2.74. The van der Waals surface area contributed by atoms with Crippen LogP contribution in [0.3, 0.4) is 0 Å². The van der Waals surface area contributed by atoms with Crippen LogP contribution >= 0.6 is 0 Å². The monoisotopic (exact) mass is 291 g/mol. The quantitative estimate of drug-likeness (QED) is 0.493. The van der Waals surface area contributed by atoms with E-state index in [0.29, 0.717) is 5.69 Å². The third-order valence-corrected chi connectivity index (χ3v) is 3.74. The number of hydrogen-bond acceptors (Lipinski definition) is 4. The van der Waals surface area contributed by atoms with Crippen LogP contribution in [0.25, 0.3) is 0 Å². The van der Waals surface area contributed by atoms with E-state index in [2.05, 4.69) is 9.88 Å². The van der Waals surface area contributed by atoms with E-state index in [4.69, 9.17) is 10.9 Å². The Morgan fingerprint density at radius 1 is 1.43 bits per heavy atom. The molecule has 0 aliphatic carbocycles. The second kappa shape index (κ2) is 6.87. The minimum absolute atomic E-state index is 0.513. The Hall–Kier alpha value is -1.66. The van der Waals surface area contributed by atoms with Crippen LogP contribution in [0.15, 0.2) is 18.2 Å². The number of nitrogens with two attached hydrogens (primary N) is 1. The summed E-state index contributed by atoms with van der Waals surface area (Å²) < 4.78 is 0. The standard InChI is InChI=1S/C15H23N4O2/c1-11(2)14(19(16)15(20)21)13-7-5-6-12(17-13)10-18-8-3-4-9-18/h5-7,14H,3-4,8-10,16H2,1-2H3,(H,20,21). The SMILES string of the molecule is C[C](C)C(c1cccc(CN2CCCC2)n1)N(N)C(=O)O. The summed E-state index contributed by atoms with van der Waals surface area (Å²) in [5.41, 5.74) is 1.64. The van der Waals surface area contributed by atoms with Crippen molar-refractivity contribution < 1.29 is 9.90 Å². The Kier molecular flexibility index (Phi) is 5.14.